The highest BCUT2D eigenvalue weighted by molar-refractivity contribution is 5.83. The van der Waals surface area contributed by atoms with Crippen molar-refractivity contribution >= 4 is 10.8 Å². The van der Waals surface area contributed by atoms with Crippen molar-refractivity contribution in [2.24, 2.45) is 0 Å². The van der Waals surface area contributed by atoms with Crippen molar-refractivity contribution in [1.82, 2.24) is 0 Å². The summed E-state index contributed by atoms with van der Waals surface area (Å²) in [5.74, 6) is 0. The number of rotatable bonds is 1. The summed E-state index contributed by atoms with van der Waals surface area (Å²) in [6, 6.07) is 14.2. The van der Waals surface area contributed by atoms with Crippen LogP contribution in [0.1, 0.15) is 5.56 Å². The Balaban J connectivity index is 2.14. The van der Waals surface area contributed by atoms with Crippen molar-refractivity contribution in [3.63, 3.8) is 0 Å². The smallest absolute Gasteiger partial charge is 0.136 e. The molecule has 0 saturated carbocycles. The predicted molar refractivity (Wildman–Crippen MR) is 58.7 cm³/mol. The van der Waals surface area contributed by atoms with E-state index in [0.29, 0.717) is 13.2 Å². The van der Waals surface area contributed by atoms with Crippen LogP contribution in [0.25, 0.3) is 10.8 Å². The van der Waals surface area contributed by atoms with E-state index < -0.39 is 5.60 Å². The fourth-order valence-electron chi connectivity index (χ4n) is 1.94. The zero-order valence-electron chi connectivity index (χ0n) is 8.31. The maximum atomic E-state index is 10.1. The minimum Gasteiger partial charge on any atom is -0.380 e. The molecule has 0 aromatic heterocycles. The molecule has 0 radical (unpaired) electrons. The molecule has 1 aliphatic rings. The summed E-state index contributed by atoms with van der Waals surface area (Å²) in [6.07, 6.45) is 0. The summed E-state index contributed by atoms with van der Waals surface area (Å²) in [5.41, 5.74) is 0.191. The van der Waals surface area contributed by atoms with E-state index in [2.05, 4.69) is 12.1 Å². The fraction of sp³-hybridized carbons (Fsp3) is 0.231. The topological polar surface area (TPSA) is 29.5 Å². The van der Waals surface area contributed by atoms with Crippen molar-refractivity contribution in [3.05, 3.63) is 48.0 Å². The van der Waals surface area contributed by atoms with Crippen molar-refractivity contribution in [2.45, 2.75) is 5.60 Å². The molecule has 0 atom stereocenters. The average Bonchev–Trinajstić information content (AvgIpc) is 2.25. The summed E-state index contributed by atoms with van der Waals surface area (Å²) in [6.45, 7) is 0.816. The maximum absolute atomic E-state index is 10.1. The van der Waals surface area contributed by atoms with Gasteiger partial charge in [0.05, 0.1) is 13.2 Å². The first-order valence-corrected chi connectivity index (χ1v) is 5.07. The molecule has 1 heterocycles. The maximum Gasteiger partial charge on any atom is 0.136 e. The highest BCUT2D eigenvalue weighted by Gasteiger charge is 2.37. The minimum absolute atomic E-state index is 0.408. The van der Waals surface area contributed by atoms with E-state index in [4.69, 9.17) is 4.74 Å². The van der Waals surface area contributed by atoms with Crippen LogP contribution in [0.4, 0.5) is 0 Å². The van der Waals surface area contributed by atoms with E-state index in [1.165, 1.54) is 5.39 Å². The van der Waals surface area contributed by atoms with Crippen LogP contribution < -0.4 is 0 Å². The van der Waals surface area contributed by atoms with E-state index in [1.54, 1.807) is 0 Å². The van der Waals surface area contributed by atoms with Crippen LogP contribution in [0.2, 0.25) is 0 Å². The first-order chi connectivity index (χ1) is 7.28. The summed E-state index contributed by atoms with van der Waals surface area (Å²) in [5, 5.41) is 12.5. The largest absolute Gasteiger partial charge is 0.380 e. The normalized spacial score (nSPS) is 18.7. The van der Waals surface area contributed by atoms with Crippen molar-refractivity contribution < 1.29 is 9.84 Å². The average molecular weight is 200 g/mol. The Labute approximate surface area is 88.1 Å². The molecule has 2 nitrogen and oxygen atoms in total. The molecule has 2 heteroatoms. The van der Waals surface area contributed by atoms with Gasteiger partial charge in [0.25, 0.3) is 0 Å². The number of hydrogen-bond acceptors (Lipinski definition) is 2. The summed E-state index contributed by atoms with van der Waals surface area (Å²) in [7, 11) is 0. The zero-order chi connectivity index (χ0) is 10.3. The molecule has 2 aromatic carbocycles. The second-order valence-electron chi connectivity index (χ2n) is 4.09. The summed E-state index contributed by atoms with van der Waals surface area (Å²) < 4.78 is 5.05. The first kappa shape index (κ1) is 8.89. The van der Waals surface area contributed by atoms with Crippen LogP contribution in [0.15, 0.2) is 42.5 Å². The molecule has 0 spiro atoms. The Morgan fingerprint density at radius 2 is 1.73 bits per heavy atom. The van der Waals surface area contributed by atoms with Gasteiger partial charge in [-0.15, -0.1) is 0 Å². The molecule has 3 rings (SSSR count). The lowest BCUT2D eigenvalue weighted by Gasteiger charge is -2.36. The summed E-state index contributed by atoms with van der Waals surface area (Å²) >= 11 is 0. The number of benzene rings is 2. The van der Waals surface area contributed by atoms with Crippen molar-refractivity contribution in [2.75, 3.05) is 13.2 Å². The van der Waals surface area contributed by atoms with E-state index in [-0.39, 0.29) is 0 Å². The van der Waals surface area contributed by atoms with E-state index in [1.807, 2.05) is 30.3 Å². The van der Waals surface area contributed by atoms with Crippen molar-refractivity contribution in [1.29, 1.82) is 0 Å². The molecule has 1 saturated heterocycles. The van der Waals surface area contributed by atoms with Gasteiger partial charge in [0.15, 0.2) is 0 Å². The van der Waals surface area contributed by atoms with Gasteiger partial charge in [-0.1, -0.05) is 36.4 Å². The Kier molecular flexibility index (Phi) is 1.81. The lowest BCUT2D eigenvalue weighted by Crippen LogP contribution is -2.46. The van der Waals surface area contributed by atoms with Gasteiger partial charge in [-0.3, -0.25) is 0 Å². The van der Waals surface area contributed by atoms with E-state index in [0.717, 1.165) is 10.9 Å². The molecule has 0 bridgehead atoms. The zero-order valence-corrected chi connectivity index (χ0v) is 8.31. The van der Waals surface area contributed by atoms with Gasteiger partial charge in [0.1, 0.15) is 5.60 Å². The Morgan fingerprint density at radius 3 is 2.40 bits per heavy atom. The highest BCUT2D eigenvalue weighted by Crippen LogP contribution is 2.31. The third-order valence-corrected chi connectivity index (χ3v) is 2.97. The molecule has 0 unspecified atom stereocenters. The van der Waals surface area contributed by atoms with Gasteiger partial charge < -0.3 is 9.84 Å². The Morgan fingerprint density at radius 1 is 1.00 bits per heavy atom. The third-order valence-electron chi connectivity index (χ3n) is 2.97. The third kappa shape index (κ3) is 1.34. The van der Waals surface area contributed by atoms with Gasteiger partial charge in [-0.05, 0) is 22.4 Å². The van der Waals surface area contributed by atoms with Crippen LogP contribution in [-0.4, -0.2) is 18.3 Å². The quantitative estimate of drug-likeness (QED) is 0.763. The second kappa shape index (κ2) is 3.05. The number of ether oxygens (including phenoxy) is 1. The van der Waals surface area contributed by atoms with E-state index in [9.17, 15) is 5.11 Å². The van der Waals surface area contributed by atoms with Crippen LogP contribution in [-0.2, 0) is 10.3 Å². The number of aliphatic hydroxyl groups is 1. The molecular formula is C13H12O2. The lowest BCUT2D eigenvalue weighted by atomic mass is 9.90. The Bertz CT molecular complexity index is 501. The fourth-order valence-corrected chi connectivity index (χ4v) is 1.94. The number of fused-ring (bicyclic) bond motifs is 1. The molecule has 1 fully saturated rings. The SMILES string of the molecule is OC1(c2ccc3ccccc3c2)COC1. The van der Waals surface area contributed by atoms with Gasteiger partial charge in [-0.25, -0.2) is 0 Å². The van der Waals surface area contributed by atoms with Crippen LogP contribution in [0.5, 0.6) is 0 Å². The molecule has 0 amide bonds. The van der Waals surface area contributed by atoms with Gasteiger partial charge in [-0.2, -0.15) is 0 Å². The second-order valence-corrected chi connectivity index (χ2v) is 4.09. The predicted octanol–water partition coefficient (Wildman–Crippen LogP) is 2.06. The van der Waals surface area contributed by atoms with Crippen LogP contribution >= 0.6 is 0 Å². The van der Waals surface area contributed by atoms with Crippen LogP contribution in [0, 0.1) is 0 Å². The molecule has 1 aliphatic heterocycles. The van der Waals surface area contributed by atoms with Gasteiger partial charge in [0, 0.05) is 0 Å². The Hall–Kier alpha value is -1.38. The minimum atomic E-state index is -0.760. The molecule has 2 aromatic rings. The first-order valence-electron chi connectivity index (χ1n) is 5.07. The molecule has 1 N–H and O–H groups in total. The molecular weight excluding hydrogens is 188 g/mol. The molecule has 15 heavy (non-hydrogen) atoms. The van der Waals surface area contributed by atoms with Gasteiger partial charge >= 0.3 is 0 Å². The monoisotopic (exact) mass is 200 g/mol. The molecule has 0 aliphatic carbocycles. The lowest BCUT2D eigenvalue weighted by molar-refractivity contribution is -0.184. The molecule has 76 valence electrons. The standard InChI is InChI=1S/C13H12O2/c14-13(8-15-9-13)12-6-5-10-3-1-2-4-11(10)7-12/h1-7,14H,8-9H2. The van der Waals surface area contributed by atoms with Gasteiger partial charge in [0.2, 0.25) is 0 Å². The van der Waals surface area contributed by atoms with Crippen molar-refractivity contribution in [3.8, 4) is 0 Å². The van der Waals surface area contributed by atoms with E-state index >= 15 is 0 Å². The van der Waals surface area contributed by atoms with Crippen LogP contribution in [0.3, 0.4) is 0 Å². The number of hydrogen-bond donors (Lipinski definition) is 1. The summed E-state index contributed by atoms with van der Waals surface area (Å²) in [4.78, 5) is 0. The highest BCUT2D eigenvalue weighted by atomic mass is 16.5.